The molecular formula is C21H13N5O3S. The molecule has 5 aromatic rings. The molecular weight excluding hydrogens is 402 g/mol. The van der Waals surface area contributed by atoms with Crippen molar-refractivity contribution in [2.75, 3.05) is 0 Å². The lowest BCUT2D eigenvalue weighted by molar-refractivity contribution is 0.0642. The van der Waals surface area contributed by atoms with E-state index in [1.165, 1.54) is 16.2 Å². The second-order valence-electron chi connectivity index (χ2n) is 7.01. The van der Waals surface area contributed by atoms with Crippen LogP contribution in [0.2, 0.25) is 0 Å². The molecule has 0 saturated heterocycles. The van der Waals surface area contributed by atoms with Crippen molar-refractivity contribution in [3.63, 3.8) is 0 Å². The lowest BCUT2D eigenvalue weighted by Gasteiger charge is -2.10. The Labute approximate surface area is 173 Å². The number of furan rings is 1. The Morgan fingerprint density at radius 2 is 1.67 bits per heavy atom. The van der Waals surface area contributed by atoms with E-state index in [9.17, 15) is 9.59 Å². The number of imide groups is 1. The fourth-order valence-corrected chi connectivity index (χ4v) is 4.59. The summed E-state index contributed by atoms with van der Waals surface area (Å²) < 4.78 is 7.59. The highest BCUT2D eigenvalue weighted by molar-refractivity contribution is 7.16. The van der Waals surface area contributed by atoms with Crippen molar-refractivity contribution in [1.29, 1.82) is 0 Å². The van der Waals surface area contributed by atoms with Crippen LogP contribution in [0.15, 0.2) is 52.9 Å². The Hall–Kier alpha value is -3.85. The Balaban J connectivity index is 1.38. The molecule has 6 rings (SSSR count). The van der Waals surface area contributed by atoms with E-state index < -0.39 is 0 Å². The molecule has 3 aromatic heterocycles. The van der Waals surface area contributed by atoms with Crippen LogP contribution in [0.1, 0.15) is 31.3 Å². The molecule has 0 aliphatic carbocycles. The van der Waals surface area contributed by atoms with Gasteiger partial charge in [0.25, 0.3) is 11.8 Å². The molecule has 9 heteroatoms. The van der Waals surface area contributed by atoms with Gasteiger partial charge in [-0.1, -0.05) is 41.7 Å². The molecule has 146 valence electrons. The number of nitrogens with zero attached hydrogens (tertiary/aromatic N) is 5. The standard InChI is InChI=1S/C21H13N5O3S/c1-11-12-6-4-5-9-15(12)29-17(11)18-22-23-21-26(18)24-16(30-21)10-25-19(27)13-7-2-3-8-14(13)20(25)28/h2-9H,10H2,1H3. The van der Waals surface area contributed by atoms with Crippen molar-refractivity contribution in [2.24, 2.45) is 0 Å². The second kappa shape index (κ2) is 6.07. The Bertz CT molecular complexity index is 1460. The zero-order chi connectivity index (χ0) is 20.4. The van der Waals surface area contributed by atoms with Gasteiger partial charge in [-0.05, 0) is 25.1 Å². The van der Waals surface area contributed by atoms with Gasteiger partial charge >= 0.3 is 0 Å². The molecule has 0 fully saturated rings. The number of para-hydroxylation sites is 1. The first-order valence-corrected chi connectivity index (χ1v) is 10.1. The smallest absolute Gasteiger partial charge is 0.261 e. The molecule has 1 aliphatic rings. The number of hydrogen-bond donors (Lipinski definition) is 0. The van der Waals surface area contributed by atoms with Crippen LogP contribution in [0.3, 0.4) is 0 Å². The molecule has 0 saturated carbocycles. The van der Waals surface area contributed by atoms with Gasteiger partial charge in [-0.3, -0.25) is 14.5 Å². The summed E-state index contributed by atoms with van der Waals surface area (Å²) in [6.45, 7) is 2.05. The predicted octanol–water partition coefficient (Wildman–Crippen LogP) is 3.70. The van der Waals surface area contributed by atoms with E-state index in [2.05, 4.69) is 15.3 Å². The van der Waals surface area contributed by atoms with Crippen LogP contribution in [-0.2, 0) is 6.54 Å². The van der Waals surface area contributed by atoms with Crippen LogP contribution >= 0.6 is 11.3 Å². The van der Waals surface area contributed by atoms with Gasteiger partial charge in [-0.2, -0.15) is 9.61 Å². The minimum atomic E-state index is -0.310. The third kappa shape index (κ3) is 2.29. The maximum Gasteiger partial charge on any atom is 0.261 e. The number of amides is 2. The summed E-state index contributed by atoms with van der Waals surface area (Å²) in [7, 11) is 0. The lowest BCUT2D eigenvalue weighted by Crippen LogP contribution is -2.29. The predicted molar refractivity (Wildman–Crippen MR) is 109 cm³/mol. The fourth-order valence-electron chi connectivity index (χ4n) is 3.77. The molecule has 0 atom stereocenters. The number of hydrogen-bond acceptors (Lipinski definition) is 7. The van der Waals surface area contributed by atoms with E-state index in [0.717, 1.165) is 16.5 Å². The van der Waals surface area contributed by atoms with Gasteiger partial charge < -0.3 is 4.42 Å². The van der Waals surface area contributed by atoms with Gasteiger partial charge in [0.05, 0.1) is 17.7 Å². The summed E-state index contributed by atoms with van der Waals surface area (Å²) >= 11 is 1.29. The molecule has 0 N–H and O–H groups in total. The van der Waals surface area contributed by atoms with E-state index in [0.29, 0.717) is 32.7 Å². The molecule has 0 radical (unpaired) electrons. The topological polar surface area (TPSA) is 93.6 Å². The minimum absolute atomic E-state index is 0.0823. The first-order chi connectivity index (χ1) is 14.6. The van der Waals surface area contributed by atoms with Crippen LogP contribution in [0, 0.1) is 6.92 Å². The average molecular weight is 415 g/mol. The SMILES string of the molecule is Cc1c(-c2nnc3sc(CN4C(=O)c5ccccc5C4=O)nn23)oc2ccccc12. The summed E-state index contributed by atoms with van der Waals surface area (Å²) in [6.07, 6.45) is 0. The van der Waals surface area contributed by atoms with Crippen LogP contribution in [0.5, 0.6) is 0 Å². The van der Waals surface area contributed by atoms with E-state index in [4.69, 9.17) is 4.42 Å². The van der Waals surface area contributed by atoms with Crippen LogP contribution in [0.4, 0.5) is 0 Å². The number of rotatable bonds is 3. The van der Waals surface area contributed by atoms with E-state index in [1.54, 1.807) is 28.8 Å². The normalized spacial score (nSPS) is 13.7. The highest BCUT2D eigenvalue weighted by Gasteiger charge is 2.36. The Morgan fingerprint density at radius 3 is 2.40 bits per heavy atom. The highest BCUT2D eigenvalue weighted by Crippen LogP contribution is 2.33. The van der Waals surface area contributed by atoms with Gasteiger partial charge in [-0.15, -0.1) is 10.2 Å². The first-order valence-electron chi connectivity index (χ1n) is 9.26. The Kier molecular flexibility index (Phi) is 3.45. The number of carbonyl (C=O) groups excluding carboxylic acids is 2. The number of fused-ring (bicyclic) bond motifs is 3. The zero-order valence-corrected chi connectivity index (χ0v) is 16.5. The molecule has 1 aliphatic heterocycles. The summed E-state index contributed by atoms with van der Waals surface area (Å²) in [5, 5.41) is 14.6. The van der Waals surface area contributed by atoms with Crippen molar-refractivity contribution in [3.05, 3.63) is 70.2 Å². The van der Waals surface area contributed by atoms with Gasteiger partial charge in [0, 0.05) is 10.9 Å². The molecule has 0 spiro atoms. The molecule has 2 amide bonds. The summed E-state index contributed by atoms with van der Waals surface area (Å²) in [6, 6.07) is 14.6. The average Bonchev–Trinajstić information content (AvgIpc) is 3.48. The lowest BCUT2D eigenvalue weighted by atomic mass is 10.1. The largest absolute Gasteiger partial charge is 0.452 e. The zero-order valence-electron chi connectivity index (χ0n) is 15.7. The highest BCUT2D eigenvalue weighted by atomic mass is 32.1. The van der Waals surface area contributed by atoms with Crippen molar-refractivity contribution in [2.45, 2.75) is 13.5 Å². The van der Waals surface area contributed by atoms with Gasteiger partial charge in [0.1, 0.15) is 10.6 Å². The summed E-state index contributed by atoms with van der Waals surface area (Å²) in [4.78, 5) is 27.0. The van der Waals surface area contributed by atoms with Crippen molar-refractivity contribution >= 4 is 39.1 Å². The quantitative estimate of drug-likeness (QED) is 0.417. The molecule has 4 heterocycles. The van der Waals surface area contributed by atoms with Gasteiger partial charge in [0.15, 0.2) is 5.76 Å². The van der Waals surface area contributed by atoms with Gasteiger partial charge in [-0.25, -0.2) is 0 Å². The van der Waals surface area contributed by atoms with Gasteiger partial charge in [0.2, 0.25) is 10.8 Å². The van der Waals surface area contributed by atoms with Crippen molar-refractivity contribution in [1.82, 2.24) is 24.7 Å². The molecule has 2 aromatic carbocycles. The van der Waals surface area contributed by atoms with E-state index in [1.807, 2.05) is 31.2 Å². The monoisotopic (exact) mass is 415 g/mol. The third-order valence-electron chi connectivity index (χ3n) is 5.25. The number of benzene rings is 2. The summed E-state index contributed by atoms with van der Waals surface area (Å²) in [5.41, 5.74) is 2.56. The minimum Gasteiger partial charge on any atom is -0.452 e. The van der Waals surface area contributed by atoms with Crippen LogP contribution < -0.4 is 0 Å². The number of aryl methyl sites for hydroxylation is 1. The van der Waals surface area contributed by atoms with Crippen LogP contribution in [-0.4, -0.2) is 36.5 Å². The fraction of sp³-hybridized carbons (Fsp3) is 0.0952. The van der Waals surface area contributed by atoms with E-state index >= 15 is 0 Å². The second-order valence-corrected chi connectivity index (χ2v) is 8.05. The molecule has 0 bridgehead atoms. The molecule has 0 unspecified atom stereocenters. The first kappa shape index (κ1) is 17.0. The molecule has 30 heavy (non-hydrogen) atoms. The summed E-state index contributed by atoms with van der Waals surface area (Å²) in [5.74, 6) is 0.467. The maximum absolute atomic E-state index is 12.6. The van der Waals surface area contributed by atoms with Crippen molar-refractivity contribution < 1.29 is 14.0 Å². The van der Waals surface area contributed by atoms with E-state index in [-0.39, 0.29) is 18.4 Å². The third-order valence-corrected chi connectivity index (χ3v) is 6.13. The maximum atomic E-state index is 12.6. The Morgan fingerprint density at radius 1 is 0.967 bits per heavy atom. The number of carbonyl (C=O) groups is 2. The molecule has 8 nitrogen and oxygen atoms in total. The van der Waals surface area contributed by atoms with Crippen molar-refractivity contribution in [3.8, 4) is 11.6 Å². The number of aromatic nitrogens is 4. The van der Waals surface area contributed by atoms with Crippen LogP contribution in [0.25, 0.3) is 27.5 Å².